The molecule has 0 atom stereocenters. The summed E-state index contributed by atoms with van der Waals surface area (Å²) in [6.45, 7) is 1.90. The van der Waals surface area contributed by atoms with E-state index in [1.807, 2.05) is 0 Å². The van der Waals surface area contributed by atoms with Crippen LogP contribution in [0, 0.1) is 0 Å². The zero-order valence-electron chi connectivity index (χ0n) is 21.7. The van der Waals surface area contributed by atoms with Gasteiger partial charge in [0.1, 0.15) is 5.00 Å². The van der Waals surface area contributed by atoms with Crippen LogP contribution in [0.15, 0.2) is 47.6 Å². The summed E-state index contributed by atoms with van der Waals surface area (Å²) in [7, 11) is 1.40. The molecule has 0 radical (unpaired) electrons. The molecular weight excluding hydrogens is 558 g/mol. The van der Waals surface area contributed by atoms with Crippen LogP contribution in [0.3, 0.4) is 0 Å². The number of hydrogen-bond donors (Lipinski definition) is 2. The summed E-state index contributed by atoms with van der Waals surface area (Å²) in [5.41, 5.74) is 4.05. The highest BCUT2D eigenvalue weighted by molar-refractivity contribution is 7.17. The van der Waals surface area contributed by atoms with Crippen LogP contribution in [0.4, 0.5) is 5.00 Å². The molecule has 0 spiro atoms. The fourth-order valence-electron chi connectivity index (χ4n) is 4.08. The zero-order chi connectivity index (χ0) is 28.6. The largest absolute Gasteiger partial charge is 0.493 e. The quantitative estimate of drug-likeness (QED) is 0.128. The van der Waals surface area contributed by atoms with Crippen LogP contribution < -0.4 is 20.2 Å². The van der Waals surface area contributed by atoms with Gasteiger partial charge in [-0.05, 0) is 74.1 Å². The Bertz CT molecular complexity index is 1480. The van der Waals surface area contributed by atoms with Gasteiger partial charge in [-0.15, -0.1) is 11.3 Å². The maximum Gasteiger partial charge on any atom is 0.345 e. The van der Waals surface area contributed by atoms with E-state index in [2.05, 4.69) is 15.8 Å². The summed E-state index contributed by atoms with van der Waals surface area (Å²) < 4.78 is 15.9. The minimum atomic E-state index is -1.02. The molecular formula is C28H26ClN3O7S. The molecule has 0 saturated carbocycles. The van der Waals surface area contributed by atoms with E-state index in [9.17, 15) is 19.2 Å². The van der Waals surface area contributed by atoms with Crippen molar-refractivity contribution in [3.8, 4) is 11.5 Å². The molecule has 12 heteroatoms. The van der Waals surface area contributed by atoms with Crippen LogP contribution in [0.2, 0.25) is 5.02 Å². The number of halogens is 1. The number of thiophene rings is 1. The summed E-state index contributed by atoms with van der Waals surface area (Å²) in [5, 5.41) is 6.91. The van der Waals surface area contributed by atoms with E-state index in [4.69, 9.17) is 25.8 Å². The highest BCUT2D eigenvalue weighted by atomic mass is 35.5. The standard InChI is InChI=1S/C28H26ClN3O7S/c1-3-38-28(36)23-18-9-5-7-11-22(18)40-26(23)31-24(33)25(34)32-30-15-16-12-13-20(21(14-16)37-2)39-27(35)17-8-4-6-10-19(17)29/h4,6,8,10,12-15H,3,5,7,9,11H2,1-2H3,(H,31,33)(H,32,34)/b30-15+. The Morgan fingerprint density at radius 1 is 1.02 bits per heavy atom. The normalized spacial score (nSPS) is 12.4. The zero-order valence-corrected chi connectivity index (χ0v) is 23.3. The summed E-state index contributed by atoms with van der Waals surface area (Å²) in [6.07, 6.45) is 4.75. The molecule has 0 aliphatic heterocycles. The Labute approximate surface area is 239 Å². The number of carbonyl (C=O) groups excluding carboxylic acids is 4. The van der Waals surface area contributed by atoms with Crippen molar-refractivity contribution in [2.45, 2.75) is 32.6 Å². The van der Waals surface area contributed by atoms with E-state index < -0.39 is 23.8 Å². The van der Waals surface area contributed by atoms with Crippen molar-refractivity contribution >= 4 is 57.9 Å². The molecule has 0 fully saturated rings. The average molecular weight is 584 g/mol. The Balaban J connectivity index is 1.40. The molecule has 0 saturated heterocycles. The summed E-state index contributed by atoms with van der Waals surface area (Å²) in [6, 6.07) is 11.1. The van der Waals surface area contributed by atoms with Crippen LogP contribution in [-0.2, 0) is 27.2 Å². The number of anilines is 1. The van der Waals surface area contributed by atoms with Crippen molar-refractivity contribution in [2.75, 3.05) is 19.0 Å². The predicted octanol–water partition coefficient (Wildman–Crippen LogP) is 4.77. The van der Waals surface area contributed by atoms with Gasteiger partial charge in [-0.3, -0.25) is 9.59 Å². The molecule has 10 nitrogen and oxygen atoms in total. The van der Waals surface area contributed by atoms with Gasteiger partial charge in [0, 0.05) is 4.88 Å². The lowest BCUT2D eigenvalue weighted by atomic mass is 9.95. The van der Waals surface area contributed by atoms with Gasteiger partial charge >= 0.3 is 23.8 Å². The van der Waals surface area contributed by atoms with E-state index >= 15 is 0 Å². The first-order valence-electron chi connectivity index (χ1n) is 12.4. The van der Waals surface area contributed by atoms with Gasteiger partial charge in [0.15, 0.2) is 11.5 Å². The fourth-order valence-corrected chi connectivity index (χ4v) is 5.56. The lowest BCUT2D eigenvalue weighted by Gasteiger charge is -2.12. The van der Waals surface area contributed by atoms with Crippen LogP contribution in [0.5, 0.6) is 11.5 Å². The molecule has 0 bridgehead atoms. The average Bonchev–Trinajstić information content (AvgIpc) is 3.31. The molecule has 208 valence electrons. The van der Waals surface area contributed by atoms with Crippen molar-refractivity contribution in [3.05, 3.63) is 74.6 Å². The lowest BCUT2D eigenvalue weighted by Crippen LogP contribution is -2.32. The maximum absolute atomic E-state index is 12.6. The van der Waals surface area contributed by atoms with Gasteiger partial charge < -0.3 is 19.5 Å². The van der Waals surface area contributed by atoms with Crippen molar-refractivity contribution in [2.24, 2.45) is 5.10 Å². The second-order valence-corrected chi connectivity index (χ2v) is 10.1. The van der Waals surface area contributed by atoms with E-state index in [1.54, 1.807) is 37.3 Å². The smallest absolute Gasteiger partial charge is 0.345 e. The second kappa shape index (κ2) is 13.2. The number of esters is 2. The van der Waals surface area contributed by atoms with E-state index in [0.29, 0.717) is 22.5 Å². The van der Waals surface area contributed by atoms with Gasteiger partial charge in [0.2, 0.25) is 0 Å². The Kier molecular flexibility index (Phi) is 9.52. The molecule has 2 amide bonds. The monoisotopic (exact) mass is 583 g/mol. The van der Waals surface area contributed by atoms with E-state index in [0.717, 1.165) is 29.7 Å². The number of amides is 2. The van der Waals surface area contributed by atoms with Crippen LogP contribution >= 0.6 is 22.9 Å². The van der Waals surface area contributed by atoms with Crippen LogP contribution in [0.25, 0.3) is 0 Å². The number of carbonyl (C=O) groups is 4. The third-order valence-electron chi connectivity index (χ3n) is 5.95. The van der Waals surface area contributed by atoms with E-state index in [1.165, 1.54) is 36.8 Å². The number of fused-ring (bicyclic) bond motifs is 1. The number of aryl methyl sites for hydroxylation is 1. The van der Waals surface area contributed by atoms with Crippen LogP contribution in [0.1, 0.15) is 56.5 Å². The van der Waals surface area contributed by atoms with Gasteiger partial charge in [-0.2, -0.15) is 5.10 Å². The first-order valence-corrected chi connectivity index (χ1v) is 13.6. The Morgan fingerprint density at radius 2 is 1.80 bits per heavy atom. The number of benzene rings is 2. The SMILES string of the molecule is CCOC(=O)c1c(NC(=O)C(=O)N/N=C/c2ccc(OC(=O)c3ccccc3Cl)c(OC)c2)sc2c1CCCC2. The van der Waals surface area contributed by atoms with E-state index in [-0.39, 0.29) is 28.7 Å². The molecule has 1 aliphatic carbocycles. The number of ether oxygens (including phenoxy) is 3. The second-order valence-electron chi connectivity index (χ2n) is 8.57. The number of methoxy groups -OCH3 is 1. The molecule has 1 heterocycles. The molecule has 40 heavy (non-hydrogen) atoms. The molecule has 2 aromatic carbocycles. The minimum Gasteiger partial charge on any atom is -0.493 e. The van der Waals surface area contributed by atoms with Gasteiger partial charge in [0.05, 0.1) is 36.1 Å². The highest BCUT2D eigenvalue weighted by Gasteiger charge is 2.28. The third kappa shape index (κ3) is 6.67. The van der Waals surface area contributed by atoms with Gasteiger partial charge in [-0.1, -0.05) is 23.7 Å². The first kappa shape index (κ1) is 28.8. The minimum absolute atomic E-state index is 0.157. The molecule has 0 unspecified atom stereocenters. The first-order chi connectivity index (χ1) is 19.3. The number of nitrogens with zero attached hydrogens (tertiary/aromatic N) is 1. The van der Waals surface area contributed by atoms with Crippen molar-refractivity contribution in [3.63, 3.8) is 0 Å². The van der Waals surface area contributed by atoms with Crippen molar-refractivity contribution in [1.29, 1.82) is 0 Å². The summed E-state index contributed by atoms with van der Waals surface area (Å²) >= 11 is 7.34. The number of rotatable bonds is 8. The number of nitrogens with one attached hydrogen (secondary N) is 2. The van der Waals surface area contributed by atoms with Crippen molar-refractivity contribution in [1.82, 2.24) is 5.43 Å². The summed E-state index contributed by atoms with van der Waals surface area (Å²) in [4.78, 5) is 51.0. The number of hydrazone groups is 1. The Hall–Kier alpha value is -4.22. The summed E-state index contributed by atoms with van der Waals surface area (Å²) in [5.74, 6) is -2.77. The van der Waals surface area contributed by atoms with Gasteiger partial charge in [0.25, 0.3) is 0 Å². The predicted molar refractivity (Wildman–Crippen MR) is 151 cm³/mol. The fraction of sp³-hybridized carbons (Fsp3) is 0.250. The molecule has 4 rings (SSSR count). The van der Waals surface area contributed by atoms with Crippen molar-refractivity contribution < 1.29 is 33.4 Å². The number of hydrogen-bond acceptors (Lipinski definition) is 9. The molecule has 1 aliphatic rings. The topological polar surface area (TPSA) is 132 Å². The third-order valence-corrected chi connectivity index (χ3v) is 7.48. The molecule has 3 aromatic rings. The lowest BCUT2D eigenvalue weighted by molar-refractivity contribution is -0.136. The van der Waals surface area contributed by atoms with Crippen LogP contribution in [-0.4, -0.2) is 43.7 Å². The molecule has 1 aromatic heterocycles. The molecule has 2 N–H and O–H groups in total. The maximum atomic E-state index is 12.6. The highest BCUT2D eigenvalue weighted by Crippen LogP contribution is 2.38. The van der Waals surface area contributed by atoms with Gasteiger partial charge in [-0.25, -0.2) is 15.0 Å². The Morgan fingerprint density at radius 3 is 2.55 bits per heavy atom.